The number of hydrogen-bond donors (Lipinski definition) is 0. The number of hydrogen-bond acceptors (Lipinski definition) is 4. The third-order valence-corrected chi connectivity index (χ3v) is 17.5. The van der Waals surface area contributed by atoms with Crippen molar-refractivity contribution < 1.29 is 9.15 Å². The SMILES string of the molecule is S=P(c1ccccc1)(c1ccccc1)c1cc(C23CC4CC(C2)CC(N2c5ccccc5Oc5ccccc52)(C4)C3)cc2c1oc1ccccc12. The number of ether oxygens (including phenoxy) is 1. The van der Waals surface area contributed by atoms with Crippen LogP contribution in [-0.2, 0) is 17.2 Å². The molecule has 1 aliphatic heterocycles. The number of para-hydroxylation sites is 5. The van der Waals surface area contributed by atoms with Crippen LogP contribution in [0.2, 0.25) is 0 Å². The van der Waals surface area contributed by atoms with Crippen molar-refractivity contribution in [2.24, 2.45) is 11.8 Å². The highest BCUT2D eigenvalue weighted by molar-refractivity contribution is 8.25. The minimum absolute atomic E-state index is 0.00723. The molecule has 3 nitrogen and oxygen atoms in total. The lowest BCUT2D eigenvalue weighted by atomic mass is 9.45. The maximum atomic E-state index is 7.08. The maximum Gasteiger partial charge on any atom is 0.151 e. The van der Waals surface area contributed by atoms with E-state index in [1.54, 1.807) is 0 Å². The second-order valence-electron chi connectivity index (χ2n) is 15.6. The third kappa shape index (κ3) is 4.33. The Morgan fingerprint density at radius 2 is 1.18 bits per heavy atom. The van der Waals surface area contributed by atoms with E-state index in [4.69, 9.17) is 21.0 Å². The molecular weight excluding hydrogens is 662 g/mol. The normalized spacial score (nSPS) is 24.7. The molecule has 0 radical (unpaired) electrons. The summed E-state index contributed by atoms with van der Waals surface area (Å²) in [6, 6.07) is 50.2. The zero-order valence-corrected chi connectivity index (χ0v) is 30.1. The van der Waals surface area contributed by atoms with Gasteiger partial charge in [0.05, 0.1) is 11.4 Å². The molecule has 7 aromatic rings. The predicted octanol–water partition coefficient (Wildman–Crippen LogP) is 10.9. The minimum atomic E-state index is -2.51. The van der Waals surface area contributed by atoms with Gasteiger partial charge in [-0.1, -0.05) is 115 Å². The Hall–Kier alpha value is -4.63. The molecule has 0 saturated heterocycles. The van der Waals surface area contributed by atoms with E-state index in [-0.39, 0.29) is 11.0 Å². The summed E-state index contributed by atoms with van der Waals surface area (Å²) in [5, 5.41) is 5.97. The van der Waals surface area contributed by atoms with Gasteiger partial charge in [0.15, 0.2) is 11.5 Å². The lowest BCUT2D eigenvalue weighted by Gasteiger charge is -2.66. The van der Waals surface area contributed by atoms with Gasteiger partial charge in [0.2, 0.25) is 0 Å². The van der Waals surface area contributed by atoms with Crippen LogP contribution in [0, 0.1) is 11.8 Å². The van der Waals surface area contributed by atoms with Crippen LogP contribution in [-0.4, -0.2) is 5.54 Å². The zero-order chi connectivity index (χ0) is 33.8. The third-order valence-electron chi connectivity index (χ3n) is 12.6. The van der Waals surface area contributed by atoms with E-state index in [0.717, 1.165) is 29.1 Å². The lowest BCUT2D eigenvalue weighted by molar-refractivity contribution is -0.0228. The smallest absolute Gasteiger partial charge is 0.151 e. The van der Waals surface area contributed by atoms with Crippen molar-refractivity contribution in [3.63, 3.8) is 0 Å². The Balaban J connectivity index is 1.16. The van der Waals surface area contributed by atoms with Gasteiger partial charge in [0.25, 0.3) is 0 Å². The van der Waals surface area contributed by atoms with Crippen molar-refractivity contribution in [1.29, 1.82) is 0 Å². The highest BCUT2D eigenvalue weighted by Gasteiger charge is 2.61. The van der Waals surface area contributed by atoms with Crippen LogP contribution in [0.15, 0.2) is 150 Å². The molecule has 12 rings (SSSR count). The van der Waals surface area contributed by atoms with Gasteiger partial charge in [-0.2, -0.15) is 0 Å². The molecule has 4 fully saturated rings. The van der Waals surface area contributed by atoms with Crippen molar-refractivity contribution in [2.75, 3.05) is 4.90 Å². The zero-order valence-electron chi connectivity index (χ0n) is 28.4. The van der Waals surface area contributed by atoms with Crippen LogP contribution in [0.4, 0.5) is 11.4 Å². The van der Waals surface area contributed by atoms with Gasteiger partial charge in [-0.15, -0.1) is 0 Å². The first-order valence-corrected chi connectivity index (χ1v) is 21.2. The van der Waals surface area contributed by atoms with Crippen molar-refractivity contribution in [1.82, 2.24) is 0 Å². The summed E-state index contributed by atoms with van der Waals surface area (Å²) in [6.45, 7) is 0. The van der Waals surface area contributed by atoms with Gasteiger partial charge in [-0.05, 0) is 114 Å². The molecule has 51 heavy (non-hydrogen) atoms. The fourth-order valence-electron chi connectivity index (χ4n) is 11.1. The van der Waals surface area contributed by atoms with E-state index in [2.05, 4.69) is 150 Å². The standard InChI is InChI=1S/C46H38NO2PS/c51-50(34-13-3-1-4-14-34,35-15-5-2-6-16-35)43-25-33(24-37-36-17-7-10-20-40(36)49-44(37)43)45-26-31-23-32(27-45)29-46(28-31,30-45)47-38-18-8-11-21-41(38)48-42-22-12-9-19-39(42)47/h1-22,24-25,31-32H,23,26-30H2. The number of furan rings is 1. The molecule has 2 unspecified atom stereocenters. The fraction of sp³-hybridized carbons (Fsp3) is 0.217. The van der Waals surface area contributed by atoms with Crippen molar-refractivity contribution in [3.05, 3.63) is 151 Å². The van der Waals surface area contributed by atoms with Crippen LogP contribution in [0.3, 0.4) is 0 Å². The molecule has 4 saturated carbocycles. The molecule has 5 heteroatoms. The Morgan fingerprint density at radius 1 is 0.608 bits per heavy atom. The first-order chi connectivity index (χ1) is 25.0. The monoisotopic (exact) mass is 699 g/mol. The number of fused-ring (bicyclic) bond motifs is 5. The molecule has 4 bridgehead atoms. The van der Waals surface area contributed by atoms with Gasteiger partial charge >= 0.3 is 0 Å². The Morgan fingerprint density at radius 3 is 1.82 bits per heavy atom. The van der Waals surface area contributed by atoms with Crippen molar-refractivity contribution in [3.8, 4) is 11.5 Å². The molecule has 0 spiro atoms. The number of benzene rings is 6. The Kier molecular flexibility index (Phi) is 6.44. The largest absolute Gasteiger partial charge is 0.455 e. The Labute approximate surface area is 303 Å². The van der Waals surface area contributed by atoms with Gasteiger partial charge in [0.1, 0.15) is 11.2 Å². The summed E-state index contributed by atoms with van der Waals surface area (Å²) in [4.78, 5) is 2.72. The van der Waals surface area contributed by atoms with Crippen LogP contribution in [0.25, 0.3) is 21.9 Å². The summed E-state index contributed by atoms with van der Waals surface area (Å²) in [5.74, 6) is 3.25. The topological polar surface area (TPSA) is 25.6 Å². The summed E-state index contributed by atoms with van der Waals surface area (Å²) >= 11 is 7.08. The van der Waals surface area contributed by atoms with Crippen LogP contribution in [0.1, 0.15) is 44.1 Å². The summed E-state index contributed by atoms with van der Waals surface area (Å²) in [7, 11) is 0. The molecule has 6 aromatic carbocycles. The highest BCUT2D eigenvalue weighted by Crippen LogP contribution is 2.67. The van der Waals surface area contributed by atoms with Gasteiger partial charge < -0.3 is 14.1 Å². The van der Waals surface area contributed by atoms with Gasteiger partial charge in [-0.25, -0.2) is 0 Å². The van der Waals surface area contributed by atoms with Gasteiger partial charge in [0, 0.05) is 27.7 Å². The van der Waals surface area contributed by atoms with Crippen LogP contribution in [0.5, 0.6) is 11.5 Å². The minimum Gasteiger partial charge on any atom is -0.455 e. The average molecular weight is 700 g/mol. The predicted molar refractivity (Wildman–Crippen MR) is 214 cm³/mol. The van der Waals surface area contributed by atoms with E-state index < -0.39 is 6.04 Å². The first kappa shape index (κ1) is 30.0. The molecule has 4 aliphatic carbocycles. The average Bonchev–Trinajstić information content (AvgIpc) is 3.55. The number of nitrogens with zero attached hydrogens (tertiary/aromatic N) is 1. The molecule has 5 aliphatic rings. The molecule has 2 heterocycles. The van der Waals surface area contributed by atoms with E-state index in [1.807, 2.05) is 0 Å². The molecule has 2 atom stereocenters. The van der Waals surface area contributed by atoms with E-state index >= 15 is 0 Å². The number of anilines is 2. The van der Waals surface area contributed by atoms with E-state index in [0.29, 0.717) is 11.8 Å². The molecule has 1 aromatic heterocycles. The van der Waals surface area contributed by atoms with Crippen LogP contribution < -0.4 is 25.6 Å². The second kappa shape index (κ2) is 10.9. The lowest BCUT2D eigenvalue weighted by Crippen LogP contribution is -2.64. The second-order valence-corrected chi connectivity index (χ2v) is 20.0. The van der Waals surface area contributed by atoms with Crippen molar-refractivity contribution in [2.45, 2.75) is 49.5 Å². The van der Waals surface area contributed by atoms with Gasteiger partial charge in [-0.3, -0.25) is 0 Å². The first-order valence-electron chi connectivity index (χ1n) is 18.4. The molecule has 250 valence electrons. The fourth-order valence-corrected chi connectivity index (χ4v) is 15.0. The maximum absolute atomic E-state index is 7.08. The molecule has 0 N–H and O–H groups in total. The van der Waals surface area contributed by atoms with E-state index in [1.165, 1.54) is 75.7 Å². The van der Waals surface area contributed by atoms with E-state index in [9.17, 15) is 0 Å². The highest BCUT2D eigenvalue weighted by atomic mass is 32.4. The Bertz CT molecular complexity index is 2440. The van der Waals surface area contributed by atoms with Crippen molar-refractivity contribution >= 4 is 67.1 Å². The van der Waals surface area contributed by atoms with Crippen LogP contribution >= 0.6 is 6.04 Å². The summed E-state index contributed by atoms with van der Waals surface area (Å²) in [5.41, 5.74) is 5.76. The molecule has 0 amide bonds. The summed E-state index contributed by atoms with van der Waals surface area (Å²) < 4.78 is 13.4. The summed E-state index contributed by atoms with van der Waals surface area (Å²) in [6.07, 6.45) is 7.30. The molecular formula is C46H38NO2PS. The quantitative estimate of drug-likeness (QED) is 0.167. The number of rotatable bonds is 5.